The maximum Gasteiger partial charge on any atom is 0.235 e. The highest BCUT2D eigenvalue weighted by Gasteiger charge is 2.42. The normalized spacial score (nSPS) is 15.8. The largest absolute Gasteiger partial charge is 0.492 e. The van der Waals surface area contributed by atoms with Gasteiger partial charge in [0, 0.05) is 24.8 Å². The zero-order valence-electron chi connectivity index (χ0n) is 16.3. The molecule has 1 fully saturated rings. The number of ether oxygens (including phenoxy) is 2. The number of benzene rings is 2. The summed E-state index contributed by atoms with van der Waals surface area (Å²) < 4.78 is 24.6. The Morgan fingerprint density at radius 1 is 1.17 bits per heavy atom. The van der Waals surface area contributed by atoms with Gasteiger partial charge in [-0.3, -0.25) is 9.78 Å². The Morgan fingerprint density at radius 3 is 2.66 bits per heavy atom. The minimum atomic E-state index is -0.765. The van der Waals surface area contributed by atoms with Crippen LogP contribution >= 0.6 is 0 Å². The predicted octanol–water partition coefficient (Wildman–Crippen LogP) is 4.46. The van der Waals surface area contributed by atoms with Crippen LogP contribution in [0.4, 0.5) is 10.1 Å². The van der Waals surface area contributed by atoms with E-state index in [2.05, 4.69) is 10.3 Å². The van der Waals surface area contributed by atoms with Crippen LogP contribution in [0.15, 0.2) is 54.7 Å². The third kappa shape index (κ3) is 3.68. The molecular weight excluding hydrogens is 371 g/mol. The van der Waals surface area contributed by atoms with Crippen molar-refractivity contribution in [3.05, 3.63) is 66.1 Å². The minimum Gasteiger partial charge on any atom is -0.492 e. The van der Waals surface area contributed by atoms with Crippen molar-refractivity contribution < 1.29 is 18.7 Å². The number of rotatable bonds is 5. The van der Waals surface area contributed by atoms with Crippen LogP contribution in [0.2, 0.25) is 0 Å². The van der Waals surface area contributed by atoms with E-state index in [1.54, 1.807) is 18.3 Å². The third-order valence-electron chi connectivity index (χ3n) is 5.46. The molecule has 4 rings (SSSR count). The molecule has 1 aliphatic rings. The monoisotopic (exact) mass is 394 g/mol. The number of pyridine rings is 1. The number of anilines is 1. The average Bonchev–Trinajstić information content (AvgIpc) is 2.76. The summed E-state index contributed by atoms with van der Waals surface area (Å²) in [4.78, 5) is 17.9. The van der Waals surface area contributed by atoms with Crippen LogP contribution in [0.1, 0.15) is 25.3 Å². The van der Waals surface area contributed by atoms with Crippen LogP contribution in [0.3, 0.4) is 0 Å². The molecule has 0 aliphatic carbocycles. The molecule has 6 heteroatoms. The van der Waals surface area contributed by atoms with E-state index in [0.29, 0.717) is 49.6 Å². The number of halogens is 1. The Morgan fingerprint density at radius 2 is 1.93 bits per heavy atom. The van der Waals surface area contributed by atoms with Gasteiger partial charge in [0.2, 0.25) is 5.91 Å². The molecule has 1 saturated heterocycles. The first-order chi connectivity index (χ1) is 14.1. The van der Waals surface area contributed by atoms with Crippen LogP contribution in [0.25, 0.3) is 10.9 Å². The topological polar surface area (TPSA) is 60.5 Å². The number of nitrogens with one attached hydrogen (secondary N) is 1. The molecule has 2 heterocycles. The molecule has 1 aliphatic heterocycles. The number of hydrogen-bond donors (Lipinski definition) is 1. The zero-order chi connectivity index (χ0) is 20.3. The molecule has 0 saturated carbocycles. The van der Waals surface area contributed by atoms with Gasteiger partial charge in [-0.25, -0.2) is 4.39 Å². The molecule has 2 aromatic carbocycles. The Balaban J connectivity index is 1.72. The van der Waals surface area contributed by atoms with E-state index >= 15 is 0 Å². The fourth-order valence-electron chi connectivity index (χ4n) is 3.91. The van der Waals surface area contributed by atoms with Crippen molar-refractivity contribution in [2.75, 3.05) is 25.1 Å². The first-order valence-electron chi connectivity index (χ1n) is 9.80. The fraction of sp³-hybridized carbons (Fsp3) is 0.304. The van der Waals surface area contributed by atoms with E-state index in [1.165, 1.54) is 12.1 Å². The van der Waals surface area contributed by atoms with E-state index in [4.69, 9.17) is 9.47 Å². The lowest BCUT2D eigenvalue weighted by Crippen LogP contribution is -2.44. The Hall–Kier alpha value is -2.99. The van der Waals surface area contributed by atoms with Crippen molar-refractivity contribution in [3.63, 3.8) is 0 Å². The van der Waals surface area contributed by atoms with Gasteiger partial charge in [-0.2, -0.15) is 0 Å². The molecule has 1 aromatic heterocycles. The highest BCUT2D eigenvalue weighted by Crippen LogP contribution is 2.38. The van der Waals surface area contributed by atoms with Crippen molar-refractivity contribution in [1.82, 2.24) is 4.98 Å². The van der Waals surface area contributed by atoms with Crippen molar-refractivity contribution >= 4 is 22.5 Å². The van der Waals surface area contributed by atoms with Gasteiger partial charge in [0.05, 0.1) is 17.7 Å². The number of hydrogen-bond acceptors (Lipinski definition) is 4. The highest BCUT2D eigenvalue weighted by atomic mass is 19.1. The summed E-state index contributed by atoms with van der Waals surface area (Å²) in [5.74, 6) is 0.238. The van der Waals surface area contributed by atoms with Crippen molar-refractivity contribution in [1.29, 1.82) is 0 Å². The minimum absolute atomic E-state index is 0.123. The number of nitrogens with zero attached hydrogens (tertiary/aromatic N) is 1. The number of carbonyl (C=O) groups is 1. The summed E-state index contributed by atoms with van der Waals surface area (Å²) >= 11 is 0. The van der Waals surface area contributed by atoms with Crippen LogP contribution < -0.4 is 10.1 Å². The molecule has 1 amide bonds. The SMILES string of the molecule is CCOc1ccc(NC(=O)C2(c3ccc(F)cc3)CCOCC2)c2cccnc12. The Labute approximate surface area is 168 Å². The lowest BCUT2D eigenvalue weighted by molar-refractivity contribution is -0.125. The van der Waals surface area contributed by atoms with Crippen molar-refractivity contribution in [2.24, 2.45) is 0 Å². The van der Waals surface area contributed by atoms with Gasteiger partial charge < -0.3 is 14.8 Å². The van der Waals surface area contributed by atoms with Crippen molar-refractivity contribution in [2.45, 2.75) is 25.2 Å². The Kier molecular flexibility index (Phi) is 5.45. The van der Waals surface area contributed by atoms with Crippen LogP contribution in [0, 0.1) is 5.82 Å². The van der Waals surface area contributed by atoms with Gasteiger partial charge >= 0.3 is 0 Å². The molecule has 29 heavy (non-hydrogen) atoms. The summed E-state index contributed by atoms with van der Waals surface area (Å²) in [5, 5.41) is 3.91. The molecule has 0 atom stereocenters. The molecule has 0 bridgehead atoms. The summed E-state index contributed by atoms with van der Waals surface area (Å²) in [6, 6.07) is 13.6. The number of aromatic nitrogens is 1. The van der Waals surface area contributed by atoms with Gasteiger partial charge in [0.15, 0.2) is 0 Å². The van der Waals surface area contributed by atoms with Crippen LogP contribution in [0.5, 0.6) is 5.75 Å². The van der Waals surface area contributed by atoms with Gasteiger partial charge in [-0.05, 0) is 61.7 Å². The smallest absolute Gasteiger partial charge is 0.235 e. The third-order valence-corrected chi connectivity index (χ3v) is 5.46. The maximum absolute atomic E-state index is 13.5. The number of fused-ring (bicyclic) bond motifs is 1. The molecule has 150 valence electrons. The van der Waals surface area contributed by atoms with Crippen LogP contribution in [-0.2, 0) is 14.9 Å². The average molecular weight is 394 g/mol. The van der Waals surface area contributed by atoms with Gasteiger partial charge in [0.25, 0.3) is 0 Å². The summed E-state index contributed by atoms with van der Waals surface area (Å²) in [6.45, 7) is 3.42. The second-order valence-corrected chi connectivity index (χ2v) is 7.10. The molecule has 3 aromatic rings. The highest BCUT2D eigenvalue weighted by molar-refractivity contribution is 6.06. The lowest BCUT2D eigenvalue weighted by Gasteiger charge is -2.36. The van der Waals surface area contributed by atoms with Gasteiger partial charge in [-0.15, -0.1) is 0 Å². The number of carbonyl (C=O) groups excluding carboxylic acids is 1. The second-order valence-electron chi connectivity index (χ2n) is 7.10. The van der Waals surface area contributed by atoms with Gasteiger partial charge in [0.1, 0.15) is 17.1 Å². The molecule has 5 nitrogen and oxygen atoms in total. The van der Waals surface area contributed by atoms with E-state index in [1.807, 2.05) is 31.2 Å². The summed E-state index contributed by atoms with van der Waals surface area (Å²) in [5.41, 5.74) is 1.41. The molecule has 0 unspecified atom stereocenters. The molecular formula is C23H23FN2O3. The fourth-order valence-corrected chi connectivity index (χ4v) is 3.91. The quantitative estimate of drug-likeness (QED) is 0.694. The van der Waals surface area contributed by atoms with Crippen molar-refractivity contribution in [3.8, 4) is 5.75 Å². The molecule has 1 N–H and O–H groups in total. The maximum atomic E-state index is 13.5. The standard InChI is InChI=1S/C23H23FN2O3/c1-2-29-20-10-9-19(18-4-3-13-25-21(18)20)26-22(27)23(11-14-28-15-12-23)16-5-7-17(24)8-6-16/h3-10,13H,2,11-12,14-15H2,1H3,(H,26,27). The predicted molar refractivity (Wildman–Crippen MR) is 110 cm³/mol. The summed E-state index contributed by atoms with van der Waals surface area (Å²) in [7, 11) is 0. The lowest BCUT2D eigenvalue weighted by atomic mass is 9.73. The van der Waals surface area contributed by atoms with E-state index < -0.39 is 5.41 Å². The zero-order valence-corrected chi connectivity index (χ0v) is 16.3. The first kappa shape index (κ1) is 19.3. The van der Waals surface area contributed by atoms with E-state index in [-0.39, 0.29) is 11.7 Å². The summed E-state index contributed by atoms with van der Waals surface area (Å²) in [6.07, 6.45) is 2.78. The number of amides is 1. The molecule has 0 radical (unpaired) electrons. The molecule has 0 spiro atoms. The van der Waals surface area contributed by atoms with Crippen LogP contribution in [-0.4, -0.2) is 30.7 Å². The first-order valence-corrected chi connectivity index (χ1v) is 9.80. The second kappa shape index (κ2) is 8.17. The van der Waals surface area contributed by atoms with E-state index in [0.717, 1.165) is 10.9 Å². The Bertz CT molecular complexity index is 1010. The van der Waals surface area contributed by atoms with E-state index in [9.17, 15) is 9.18 Å². The van der Waals surface area contributed by atoms with Gasteiger partial charge in [-0.1, -0.05) is 12.1 Å².